The van der Waals surface area contributed by atoms with Crippen LogP contribution in [0.4, 0.5) is 13.2 Å². The third-order valence-corrected chi connectivity index (χ3v) is 5.64. The van der Waals surface area contributed by atoms with Gasteiger partial charge in [0.1, 0.15) is 11.4 Å². The van der Waals surface area contributed by atoms with Crippen LogP contribution in [0.3, 0.4) is 0 Å². The lowest BCUT2D eigenvalue weighted by atomic mass is 9.70. The minimum Gasteiger partial charge on any atom is -0.327 e. The summed E-state index contributed by atoms with van der Waals surface area (Å²) in [5.74, 6) is -3.84. The van der Waals surface area contributed by atoms with Crippen LogP contribution in [0, 0.1) is 23.4 Å². The normalized spacial score (nSPS) is 29.4. The standard InChI is InChI=1S/C18H21F3N2O2/c1-9-3-4-18(10(2)17(25)23(9)18)16(24)7-12(22)5-11-6-14(20)15(21)8-13(11)19/h6,8-10,12H,3-5,7,22H2,1-2H3/t9-,10+,12-,18?/m1/s1. The second-order valence-electron chi connectivity index (χ2n) is 7.19. The molecule has 4 atom stereocenters. The Kier molecular flexibility index (Phi) is 4.39. The van der Waals surface area contributed by atoms with E-state index in [4.69, 9.17) is 5.73 Å². The zero-order valence-electron chi connectivity index (χ0n) is 14.2. The van der Waals surface area contributed by atoms with Gasteiger partial charge in [-0.25, -0.2) is 13.2 Å². The molecule has 2 N–H and O–H groups in total. The molecule has 25 heavy (non-hydrogen) atoms. The summed E-state index contributed by atoms with van der Waals surface area (Å²) in [6, 6.07) is 0.534. The molecule has 0 radical (unpaired) electrons. The van der Waals surface area contributed by atoms with Gasteiger partial charge < -0.3 is 10.6 Å². The van der Waals surface area contributed by atoms with Gasteiger partial charge >= 0.3 is 0 Å². The molecule has 2 heterocycles. The van der Waals surface area contributed by atoms with Gasteiger partial charge in [-0.1, -0.05) is 6.92 Å². The lowest BCUT2D eigenvalue weighted by molar-refractivity contribution is -0.174. The number of amides is 1. The highest BCUT2D eigenvalue weighted by Gasteiger charge is 2.65. The van der Waals surface area contributed by atoms with Crippen molar-refractivity contribution in [1.29, 1.82) is 0 Å². The van der Waals surface area contributed by atoms with Gasteiger partial charge in [0.2, 0.25) is 5.91 Å². The molecule has 136 valence electrons. The van der Waals surface area contributed by atoms with Crippen LogP contribution in [0.2, 0.25) is 0 Å². The summed E-state index contributed by atoms with van der Waals surface area (Å²) >= 11 is 0. The van der Waals surface area contributed by atoms with Gasteiger partial charge in [-0.15, -0.1) is 0 Å². The lowest BCUT2D eigenvalue weighted by Gasteiger charge is -2.53. The summed E-state index contributed by atoms with van der Waals surface area (Å²) < 4.78 is 40.0. The Labute approximate surface area is 144 Å². The molecule has 0 aromatic heterocycles. The first-order valence-corrected chi connectivity index (χ1v) is 8.44. The maximum absolute atomic E-state index is 13.7. The van der Waals surface area contributed by atoms with Crippen molar-refractivity contribution in [3.8, 4) is 0 Å². The summed E-state index contributed by atoms with van der Waals surface area (Å²) in [5.41, 5.74) is 5.10. The van der Waals surface area contributed by atoms with Crippen molar-refractivity contribution >= 4 is 11.7 Å². The zero-order chi connectivity index (χ0) is 18.5. The summed E-state index contributed by atoms with van der Waals surface area (Å²) in [4.78, 5) is 26.5. The van der Waals surface area contributed by atoms with E-state index in [0.29, 0.717) is 12.5 Å². The van der Waals surface area contributed by atoms with E-state index in [9.17, 15) is 22.8 Å². The van der Waals surface area contributed by atoms with Crippen LogP contribution in [0.1, 0.15) is 38.7 Å². The topological polar surface area (TPSA) is 63.4 Å². The van der Waals surface area contributed by atoms with Crippen LogP contribution >= 0.6 is 0 Å². The minimum atomic E-state index is -1.26. The molecule has 1 aromatic rings. The Morgan fingerprint density at radius 2 is 1.92 bits per heavy atom. The van der Waals surface area contributed by atoms with Crippen LogP contribution in [-0.2, 0) is 16.0 Å². The zero-order valence-corrected chi connectivity index (χ0v) is 14.2. The predicted octanol–water partition coefficient (Wildman–Crippen LogP) is 2.33. The highest BCUT2D eigenvalue weighted by atomic mass is 19.2. The fourth-order valence-corrected chi connectivity index (χ4v) is 4.26. The summed E-state index contributed by atoms with van der Waals surface area (Å²) in [6.45, 7) is 3.66. The van der Waals surface area contributed by atoms with Gasteiger partial charge in [-0.2, -0.15) is 0 Å². The highest BCUT2D eigenvalue weighted by molar-refractivity contribution is 6.04. The second kappa shape index (κ2) is 6.12. The van der Waals surface area contributed by atoms with Crippen molar-refractivity contribution in [2.24, 2.45) is 11.7 Å². The van der Waals surface area contributed by atoms with Crippen LogP contribution in [0.15, 0.2) is 12.1 Å². The summed E-state index contributed by atoms with van der Waals surface area (Å²) in [6.07, 6.45) is 1.24. The lowest BCUT2D eigenvalue weighted by Crippen LogP contribution is -2.72. The quantitative estimate of drug-likeness (QED) is 0.652. The number of halogens is 3. The molecular weight excluding hydrogens is 333 g/mol. The van der Waals surface area contributed by atoms with Crippen molar-refractivity contribution in [1.82, 2.24) is 4.90 Å². The first kappa shape index (κ1) is 17.9. The molecule has 0 aliphatic carbocycles. The molecule has 7 heteroatoms. The number of ketones is 1. The first-order chi connectivity index (χ1) is 11.7. The molecule has 0 saturated carbocycles. The molecular formula is C18H21F3N2O2. The van der Waals surface area contributed by atoms with Crippen molar-refractivity contribution < 1.29 is 22.8 Å². The molecule has 2 fully saturated rings. The van der Waals surface area contributed by atoms with Crippen LogP contribution < -0.4 is 5.73 Å². The number of carbonyl (C=O) groups is 2. The monoisotopic (exact) mass is 354 g/mol. The third kappa shape index (κ3) is 2.65. The number of nitrogens with zero attached hydrogens (tertiary/aromatic N) is 1. The number of carbonyl (C=O) groups excluding carboxylic acids is 2. The van der Waals surface area contributed by atoms with E-state index in [0.717, 1.165) is 12.5 Å². The average Bonchev–Trinajstić information content (AvgIpc) is 2.86. The number of β-lactam (4-membered cyclic amide) rings is 1. The second-order valence-corrected chi connectivity index (χ2v) is 7.19. The molecule has 1 aromatic carbocycles. The maximum atomic E-state index is 13.7. The number of rotatable bonds is 5. The van der Waals surface area contributed by atoms with E-state index in [2.05, 4.69) is 0 Å². The molecule has 2 aliphatic heterocycles. The fraction of sp³-hybridized carbons (Fsp3) is 0.556. The fourth-order valence-electron chi connectivity index (χ4n) is 4.26. The van der Waals surface area contributed by atoms with Gasteiger partial charge in [0, 0.05) is 24.6 Å². The maximum Gasteiger partial charge on any atom is 0.229 e. The highest BCUT2D eigenvalue weighted by Crippen LogP contribution is 2.50. The Morgan fingerprint density at radius 1 is 1.28 bits per heavy atom. The average molecular weight is 354 g/mol. The van der Waals surface area contributed by atoms with Crippen molar-refractivity contribution in [2.75, 3.05) is 0 Å². The van der Waals surface area contributed by atoms with Crippen molar-refractivity contribution in [3.63, 3.8) is 0 Å². The SMILES string of the molecule is C[C@@H]1CCC2(C(=O)C[C@H](N)Cc3cc(F)c(F)cc3F)[C@@H](C)C(=O)N12. The van der Waals surface area contributed by atoms with Crippen LogP contribution in [-0.4, -0.2) is 34.2 Å². The predicted molar refractivity (Wildman–Crippen MR) is 85.1 cm³/mol. The van der Waals surface area contributed by atoms with Gasteiger partial charge in [-0.3, -0.25) is 9.59 Å². The molecule has 3 rings (SSSR count). The minimum absolute atomic E-state index is 0.0208. The Hall–Kier alpha value is -1.89. The molecule has 2 saturated heterocycles. The van der Waals surface area contributed by atoms with Gasteiger partial charge in [-0.05, 0) is 37.8 Å². The largest absolute Gasteiger partial charge is 0.327 e. The first-order valence-electron chi connectivity index (χ1n) is 8.44. The van der Waals surface area contributed by atoms with Crippen molar-refractivity contribution in [2.45, 2.75) is 57.2 Å². The van der Waals surface area contributed by atoms with Crippen LogP contribution in [0.5, 0.6) is 0 Å². The Morgan fingerprint density at radius 3 is 2.60 bits per heavy atom. The summed E-state index contributed by atoms with van der Waals surface area (Å²) in [5, 5.41) is 0. The molecule has 2 aliphatic rings. The molecule has 0 bridgehead atoms. The van der Waals surface area contributed by atoms with Gasteiger partial charge in [0.15, 0.2) is 17.4 Å². The van der Waals surface area contributed by atoms with Crippen molar-refractivity contribution in [3.05, 3.63) is 35.1 Å². The van der Waals surface area contributed by atoms with E-state index in [1.54, 1.807) is 11.8 Å². The van der Waals surface area contributed by atoms with E-state index in [-0.39, 0.29) is 42.1 Å². The smallest absolute Gasteiger partial charge is 0.229 e. The number of nitrogens with two attached hydrogens (primary N) is 1. The van der Waals surface area contributed by atoms with E-state index >= 15 is 0 Å². The number of Topliss-reactive ketones (excluding diaryl/α,β-unsaturated/α-hetero) is 1. The van der Waals surface area contributed by atoms with E-state index < -0.39 is 29.0 Å². The Balaban J connectivity index is 1.71. The van der Waals surface area contributed by atoms with Gasteiger partial charge in [0.25, 0.3) is 0 Å². The van der Waals surface area contributed by atoms with E-state index in [1.165, 1.54) is 0 Å². The molecule has 1 unspecified atom stereocenters. The molecule has 1 amide bonds. The number of benzene rings is 1. The molecule has 0 spiro atoms. The van der Waals surface area contributed by atoms with E-state index in [1.807, 2.05) is 6.92 Å². The van der Waals surface area contributed by atoms with Crippen LogP contribution in [0.25, 0.3) is 0 Å². The Bertz CT molecular complexity index is 739. The van der Waals surface area contributed by atoms with Gasteiger partial charge in [0.05, 0.1) is 5.92 Å². The number of hydrogen-bond acceptors (Lipinski definition) is 3. The number of hydrogen-bond donors (Lipinski definition) is 1. The molecule has 4 nitrogen and oxygen atoms in total. The third-order valence-electron chi connectivity index (χ3n) is 5.64. The number of fused-ring (bicyclic) bond motifs is 1. The summed E-state index contributed by atoms with van der Waals surface area (Å²) in [7, 11) is 0.